The maximum atomic E-state index is 12.5. The largest absolute Gasteiger partial charge is 0.385 e. The van der Waals surface area contributed by atoms with Gasteiger partial charge < -0.3 is 9.64 Å². The molecule has 9 nitrogen and oxygen atoms in total. The number of piperazine rings is 1. The Balaban J connectivity index is 1.57. The number of aryl methyl sites for hydroxylation is 1. The average molecular weight is 372 g/mol. The van der Waals surface area contributed by atoms with Crippen molar-refractivity contribution in [1.29, 1.82) is 0 Å². The SMILES string of the molecule is COCCCn1cc(CN2CC(N3CCN(C)CC3)CS2(=O)=O)nn1. The molecule has 3 rings (SSSR count). The Hall–Kier alpha value is -1.07. The highest BCUT2D eigenvalue weighted by Gasteiger charge is 2.39. The summed E-state index contributed by atoms with van der Waals surface area (Å²) < 4.78 is 33.4. The standard InChI is InChI=1S/C15H28N6O3S/c1-18-5-7-19(8-6-18)15-12-21(25(22,23)13-15)11-14-10-20(17-16-14)4-3-9-24-2/h10,15H,3-9,11-13H2,1-2H3. The highest BCUT2D eigenvalue weighted by Crippen LogP contribution is 2.21. The molecule has 0 bridgehead atoms. The van der Waals surface area contributed by atoms with Crippen LogP contribution < -0.4 is 0 Å². The Morgan fingerprint density at radius 3 is 2.76 bits per heavy atom. The normalized spacial score (nSPS) is 25.6. The lowest BCUT2D eigenvalue weighted by Gasteiger charge is -2.35. The second-order valence-corrected chi connectivity index (χ2v) is 8.90. The molecule has 10 heteroatoms. The zero-order valence-electron chi connectivity index (χ0n) is 15.0. The van der Waals surface area contributed by atoms with E-state index in [1.165, 1.54) is 0 Å². The Morgan fingerprint density at radius 2 is 2.04 bits per heavy atom. The number of ether oxygens (including phenoxy) is 1. The second-order valence-electron chi connectivity index (χ2n) is 6.88. The van der Waals surface area contributed by atoms with Crippen LogP contribution in [0.3, 0.4) is 0 Å². The molecule has 1 atom stereocenters. The Labute approximate surface area is 149 Å². The number of hydrogen-bond acceptors (Lipinski definition) is 7. The minimum absolute atomic E-state index is 0.0791. The number of rotatable bonds is 7. The number of sulfonamides is 1. The topological polar surface area (TPSA) is 83.8 Å². The maximum absolute atomic E-state index is 12.5. The van der Waals surface area contributed by atoms with Crippen molar-refractivity contribution in [2.45, 2.75) is 25.6 Å². The lowest BCUT2D eigenvalue weighted by atomic mass is 10.2. The first-order valence-corrected chi connectivity index (χ1v) is 10.4. The average Bonchev–Trinajstić information content (AvgIpc) is 3.13. The smallest absolute Gasteiger partial charge is 0.216 e. The summed E-state index contributed by atoms with van der Waals surface area (Å²) in [7, 11) is 0.543. The van der Waals surface area contributed by atoms with Crippen molar-refractivity contribution in [2.24, 2.45) is 0 Å². The highest BCUT2D eigenvalue weighted by atomic mass is 32.2. The molecule has 25 heavy (non-hydrogen) atoms. The molecular formula is C15H28N6O3S. The van der Waals surface area contributed by atoms with Gasteiger partial charge in [-0.1, -0.05) is 5.21 Å². The summed E-state index contributed by atoms with van der Waals surface area (Å²) in [6.07, 6.45) is 2.68. The molecule has 142 valence electrons. The summed E-state index contributed by atoms with van der Waals surface area (Å²) in [5.74, 6) is 0.207. The number of nitrogens with zero attached hydrogens (tertiary/aromatic N) is 6. The van der Waals surface area contributed by atoms with E-state index in [1.807, 2.05) is 6.20 Å². The van der Waals surface area contributed by atoms with Crippen LogP contribution in [-0.2, 0) is 27.8 Å². The molecule has 0 saturated carbocycles. The molecule has 2 saturated heterocycles. The fourth-order valence-corrected chi connectivity index (χ4v) is 5.13. The van der Waals surface area contributed by atoms with Crippen LogP contribution in [-0.4, -0.2) is 103 Å². The molecule has 1 aromatic heterocycles. The van der Waals surface area contributed by atoms with Crippen LogP contribution in [0, 0.1) is 0 Å². The minimum Gasteiger partial charge on any atom is -0.385 e. The summed E-state index contributed by atoms with van der Waals surface area (Å²) in [6, 6.07) is 0.0791. The van der Waals surface area contributed by atoms with E-state index in [1.54, 1.807) is 16.1 Å². The van der Waals surface area contributed by atoms with Crippen molar-refractivity contribution < 1.29 is 13.2 Å². The van der Waals surface area contributed by atoms with Crippen LogP contribution in [0.25, 0.3) is 0 Å². The van der Waals surface area contributed by atoms with Gasteiger partial charge in [0.1, 0.15) is 0 Å². The zero-order chi connectivity index (χ0) is 17.9. The Bertz CT molecular complexity index is 656. The molecule has 0 aromatic carbocycles. The molecule has 3 heterocycles. The van der Waals surface area contributed by atoms with Gasteiger partial charge in [-0.25, -0.2) is 8.42 Å². The van der Waals surface area contributed by atoms with Gasteiger partial charge in [0.05, 0.1) is 18.0 Å². The third kappa shape index (κ3) is 4.76. The van der Waals surface area contributed by atoms with Gasteiger partial charge in [0.2, 0.25) is 10.0 Å². The van der Waals surface area contributed by atoms with E-state index in [0.29, 0.717) is 25.4 Å². The third-order valence-electron chi connectivity index (χ3n) is 4.93. The van der Waals surface area contributed by atoms with Crippen molar-refractivity contribution >= 4 is 10.0 Å². The van der Waals surface area contributed by atoms with Crippen molar-refractivity contribution in [3.63, 3.8) is 0 Å². The van der Waals surface area contributed by atoms with Gasteiger partial charge in [-0.05, 0) is 13.5 Å². The fourth-order valence-electron chi connectivity index (χ4n) is 3.39. The van der Waals surface area contributed by atoms with E-state index >= 15 is 0 Å². The Morgan fingerprint density at radius 1 is 1.28 bits per heavy atom. The molecular weight excluding hydrogens is 344 g/mol. The Kier molecular flexibility index (Phi) is 6.05. The molecule has 2 aliphatic heterocycles. The first-order chi connectivity index (χ1) is 12.0. The van der Waals surface area contributed by atoms with E-state index in [0.717, 1.165) is 39.1 Å². The number of hydrogen-bond donors (Lipinski definition) is 0. The third-order valence-corrected chi connectivity index (χ3v) is 6.80. The first-order valence-electron chi connectivity index (χ1n) is 8.76. The van der Waals surface area contributed by atoms with Gasteiger partial charge >= 0.3 is 0 Å². The van der Waals surface area contributed by atoms with Gasteiger partial charge in [0, 0.05) is 65.2 Å². The summed E-state index contributed by atoms with van der Waals surface area (Å²) in [5, 5.41) is 8.19. The monoisotopic (exact) mass is 372 g/mol. The van der Waals surface area contributed by atoms with Crippen molar-refractivity contribution in [3.05, 3.63) is 11.9 Å². The fraction of sp³-hybridized carbons (Fsp3) is 0.867. The molecule has 2 fully saturated rings. The first kappa shape index (κ1) is 18.7. The van der Waals surface area contributed by atoms with Gasteiger partial charge in [-0.2, -0.15) is 4.31 Å². The summed E-state index contributed by atoms with van der Waals surface area (Å²) in [5.41, 5.74) is 0.694. The number of likely N-dealkylation sites (N-methyl/N-ethyl adjacent to an activating group) is 1. The van der Waals surface area contributed by atoms with Crippen LogP contribution in [0.4, 0.5) is 0 Å². The lowest BCUT2D eigenvalue weighted by Crippen LogP contribution is -2.50. The molecule has 0 aliphatic carbocycles. The molecule has 0 spiro atoms. The number of aromatic nitrogens is 3. The molecule has 1 unspecified atom stereocenters. The zero-order valence-corrected chi connectivity index (χ0v) is 15.9. The van der Waals surface area contributed by atoms with Crippen molar-refractivity contribution in [3.8, 4) is 0 Å². The van der Waals surface area contributed by atoms with E-state index in [2.05, 4.69) is 27.2 Å². The van der Waals surface area contributed by atoms with Crippen molar-refractivity contribution in [1.82, 2.24) is 29.1 Å². The van der Waals surface area contributed by atoms with Crippen molar-refractivity contribution in [2.75, 3.05) is 59.2 Å². The minimum atomic E-state index is -3.23. The summed E-state index contributed by atoms with van der Waals surface area (Å²) >= 11 is 0. The van der Waals surface area contributed by atoms with Crippen LogP contribution in [0.15, 0.2) is 6.20 Å². The molecule has 2 aliphatic rings. The van der Waals surface area contributed by atoms with Crippen LogP contribution in [0.1, 0.15) is 12.1 Å². The molecule has 1 aromatic rings. The predicted octanol–water partition coefficient (Wildman–Crippen LogP) is -0.924. The predicted molar refractivity (Wildman–Crippen MR) is 93.6 cm³/mol. The van der Waals surface area contributed by atoms with E-state index in [9.17, 15) is 8.42 Å². The van der Waals surface area contributed by atoms with Crippen LogP contribution in [0.5, 0.6) is 0 Å². The van der Waals surface area contributed by atoms with Gasteiger partial charge in [0.15, 0.2) is 0 Å². The van der Waals surface area contributed by atoms with Gasteiger partial charge in [-0.15, -0.1) is 5.10 Å². The highest BCUT2D eigenvalue weighted by molar-refractivity contribution is 7.89. The van der Waals surface area contributed by atoms with Crippen LogP contribution in [0.2, 0.25) is 0 Å². The summed E-state index contributed by atoms with van der Waals surface area (Å²) in [6.45, 7) is 6.08. The molecule has 0 radical (unpaired) electrons. The van der Waals surface area contributed by atoms with E-state index in [-0.39, 0.29) is 11.8 Å². The van der Waals surface area contributed by atoms with Crippen LogP contribution >= 0.6 is 0 Å². The quantitative estimate of drug-likeness (QED) is 0.572. The number of methoxy groups -OCH3 is 1. The molecule has 0 N–H and O–H groups in total. The van der Waals surface area contributed by atoms with E-state index < -0.39 is 10.0 Å². The second kappa shape index (κ2) is 8.09. The lowest BCUT2D eigenvalue weighted by molar-refractivity contribution is 0.116. The maximum Gasteiger partial charge on any atom is 0.216 e. The molecule has 0 amide bonds. The van der Waals surface area contributed by atoms with Gasteiger partial charge in [0.25, 0.3) is 0 Å². The summed E-state index contributed by atoms with van der Waals surface area (Å²) in [4.78, 5) is 4.58. The van der Waals surface area contributed by atoms with E-state index in [4.69, 9.17) is 4.74 Å². The van der Waals surface area contributed by atoms with Gasteiger partial charge in [-0.3, -0.25) is 9.58 Å².